The van der Waals surface area contributed by atoms with Crippen molar-refractivity contribution in [1.82, 2.24) is 19.4 Å². The number of benzene rings is 1. The van der Waals surface area contributed by atoms with E-state index in [0.29, 0.717) is 25.5 Å². The second kappa shape index (κ2) is 8.24. The number of ether oxygens (including phenoxy) is 1. The van der Waals surface area contributed by atoms with Gasteiger partial charge in [-0.25, -0.2) is 4.79 Å². The molecule has 3 fully saturated rings. The normalized spacial score (nSPS) is 26.5. The highest BCUT2D eigenvalue weighted by molar-refractivity contribution is 6.00. The molecule has 3 unspecified atom stereocenters. The number of hydrogen-bond acceptors (Lipinski definition) is 5. The molecule has 4 heterocycles. The fourth-order valence-corrected chi connectivity index (χ4v) is 5.73. The summed E-state index contributed by atoms with van der Waals surface area (Å²) in [5.74, 6) is -0.689. The van der Waals surface area contributed by atoms with Crippen LogP contribution >= 0.6 is 0 Å². The average molecular weight is 427 g/mol. The van der Waals surface area contributed by atoms with Gasteiger partial charge in [0.25, 0.3) is 0 Å². The maximum absolute atomic E-state index is 13.0. The summed E-state index contributed by atoms with van der Waals surface area (Å²) in [4.78, 5) is 39.5. The Balaban J connectivity index is 1.31. The van der Waals surface area contributed by atoms with E-state index in [2.05, 4.69) is 10.2 Å². The molecule has 0 bridgehead atoms. The zero-order valence-electron chi connectivity index (χ0n) is 18.0. The Labute approximate surface area is 181 Å². The Bertz CT molecular complexity index is 1070. The van der Waals surface area contributed by atoms with E-state index < -0.39 is 11.9 Å². The van der Waals surface area contributed by atoms with Crippen molar-refractivity contribution in [2.75, 3.05) is 19.8 Å². The number of amides is 2. The molecule has 3 aliphatic heterocycles. The molecule has 5 rings (SSSR count). The summed E-state index contributed by atoms with van der Waals surface area (Å²) in [5, 5.41) is 2.36. The number of nitrogens with zero attached hydrogens (tertiary/aromatic N) is 3. The first-order chi connectivity index (χ1) is 15.0. The van der Waals surface area contributed by atoms with Gasteiger partial charge in [-0.2, -0.15) is 0 Å². The molecular weight excluding hydrogens is 396 g/mol. The van der Waals surface area contributed by atoms with Gasteiger partial charge in [0.2, 0.25) is 11.8 Å². The van der Waals surface area contributed by atoms with Gasteiger partial charge < -0.3 is 4.74 Å². The van der Waals surface area contributed by atoms with Gasteiger partial charge in [0.1, 0.15) is 6.04 Å². The molecule has 0 radical (unpaired) electrons. The van der Waals surface area contributed by atoms with Crippen LogP contribution in [0.3, 0.4) is 0 Å². The van der Waals surface area contributed by atoms with Gasteiger partial charge in [-0.15, -0.1) is 0 Å². The Morgan fingerprint density at radius 3 is 2.84 bits per heavy atom. The van der Waals surface area contributed by atoms with Gasteiger partial charge in [0.05, 0.1) is 24.2 Å². The van der Waals surface area contributed by atoms with Gasteiger partial charge in [-0.05, 0) is 56.7 Å². The summed E-state index contributed by atoms with van der Waals surface area (Å²) in [6.07, 6.45) is 6.45. The predicted octanol–water partition coefficient (Wildman–Crippen LogP) is 1.50. The number of nitrogens with one attached hydrogen (secondary N) is 1. The molecule has 31 heavy (non-hydrogen) atoms. The van der Waals surface area contributed by atoms with Crippen molar-refractivity contribution in [3.05, 3.63) is 34.2 Å². The zero-order chi connectivity index (χ0) is 21.5. The van der Waals surface area contributed by atoms with Crippen LogP contribution in [0.15, 0.2) is 23.0 Å². The van der Waals surface area contributed by atoms with Crippen molar-refractivity contribution in [3.63, 3.8) is 0 Å². The summed E-state index contributed by atoms with van der Waals surface area (Å²) in [7, 11) is 1.74. The minimum Gasteiger partial charge on any atom is -0.379 e. The van der Waals surface area contributed by atoms with E-state index in [9.17, 15) is 14.4 Å². The van der Waals surface area contributed by atoms with E-state index in [-0.39, 0.29) is 18.0 Å². The van der Waals surface area contributed by atoms with Crippen LogP contribution in [0.5, 0.6) is 0 Å². The van der Waals surface area contributed by atoms with E-state index in [1.165, 1.54) is 36.8 Å². The molecule has 1 aromatic carbocycles. The SMILES string of the molecule is Cn1c(=O)n(C2CCC(=O)NC2=O)c2cccc(CCOCC3CCC4CCCN43)c21. The van der Waals surface area contributed by atoms with Gasteiger partial charge in [-0.3, -0.25) is 28.9 Å². The van der Waals surface area contributed by atoms with Gasteiger partial charge >= 0.3 is 5.69 Å². The van der Waals surface area contributed by atoms with Crippen molar-refractivity contribution in [2.45, 2.75) is 63.1 Å². The number of fused-ring (bicyclic) bond motifs is 2. The average Bonchev–Trinajstić information content (AvgIpc) is 3.42. The lowest BCUT2D eigenvalue weighted by Gasteiger charge is -2.23. The van der Waals surface area contributed by atoms with E-state index in [1.807, 2.05) is 18.2 Å². The third kappa shape index (κ3) is 3.61. The Morgan fingerprint density at radius 2 is 2.00 bits per heavy atom. The number of piperidine rings is 1. The number of aryl methyl sites for hydroxylation is 1. The van der Waals surface area contributed by atoms with Crippen molar-refractivity contribution < 1.29 is 14.3 Å². The van der Waals surface area contributed by atoms with E-state index in [4.69, 9.17) is 4.74 Å². The van der Waals surface area contributed by atoms with Crippen LogP contribution in [-0.2, 0) is 27.8 Å². The standard InChI is InChI=1S/C23H30N4O4/c1-25-21-15(11-13-31-14-17-8-7-16-5-3-12-26(16)17)4-2-6-18(21)27(23(25)30)19-9-10-20(28)24-22(19)29/h2,4,6,16-17,19H,3,5,7-14H2,1H3,(H,24,28,29). The molecule has 3 saturated heterocycles. The number of carbonyl (C=O) groups excluding carboxylic acids is 2. The summed E-state index contributed by atoms with van der Waals surface area (Å²) in [6, 6.07) is 6.47. The fourth-order valence-electron chi connectivity index (χ4n) is 5.73. The number of hydrogen-bond donors (Lipinski definition) is 1. The van der Waals surface area contributed by atoms with Crippen LogP contribution in [0.1, 0.15) is 50.1 Å². The van der Waals surface area contributed by atoms with E-state index >= 15 is 0 Å². The number of imide groups is 1. The topological polar surface area (TPSA) is 85.6 Å². The highest BCUT2D eigenvalue weighted by Crippen LogP contribution is 2.32. The van der Waals surface area contributed by atoms with Crippen LogP contribution in [0.2, 0.25) is 0 Å². The van der Waals surface area contributed by atoms with E-state index in [0.717, 1.165) is 29.2 Å². The Kier molecular flexibility index (Phi) is 5.44. The quantitative estimate of drug-likeness (QED) is 0.559. The molecule has 2 amide bonds. The Hall–Kier alpha value is -2.45. The summed E-state index contributed by atoms with van der Waals surface area (Å²) < 4.78 is 9.21. The predicted molar refractivity (Wildman–Crippen MR) is 116 cm³/mol. The van der Waals surface area contributed by atoms with Crippen molar-refractivity contribution in [3.8, 4) is 0 Å². The highest BCUT2D eigenvalue weighted by atomic mass is 16.5. The first kappa shape index (κ1) is 20.5. The molecule has 0 saturated carbocycles. The number of para-hydroxylation sites is 1. The van der Waals surface area contributed by atoms with Crippen LogP contribution in [0.4, 0.5) is 0 Å². The first-order valence-electron chi connectivity index (χ1n) is 11.4. The molecule has 2 aromatic rings. The lowest BCUT2D eigenvalue weighted by atomic mass is 10.1. The van der Waals surface area contributed by atoms with Gasteiger partial charge in [0, 0.05) is 25.6 Å². The summed E-state index contributed by atoms with van der Waals surface area (Å²) in [6.45, 7) is 2.57. The molecule has 0 spiro atoms. The monoisotopic (exact) mass is 426 g/mol. The zero-order valence-corrected chi connectivity index (χ0v) is 18.0. The molecule has 8 heteroatoms. The minimum atomic E-state index is -0.656. The third-order valence-corrected chi connectivity index (χ3v) is 7.26. The molecule has 1 N–H and O–H groups in total. The van der Waals surface area contributed by atoms with E-state index in [1.54, 1.807) is 11.6 Å². The molecule has 8 nitrogen and oxygen atoms in total. The molecule has 3 aliphatic rings. The molecule has 1 aromatic heterocycles. The lowest BCUT2D eigenvalue weighted by Crippen LogP contribution is -2.44. The van der Waals surface area contributed by atoms with Crippen molar-refractivity contribution in [1.29, 1.82) is 0 Å². The van der Waals surface area contributed by atoms with Gasteiger partial charge in [-0.1, -0.05) is 12.1 Å². The Morgan fingerprint density at radius 1 is 1.13 bits per heavy atom. The second-order valence-electron chi connectivity index (χ2n) is 9.05. The summed E-state index contributed by atoms with van der Waals surface area (Å²) >= 11 is 0. The third-order valence-electron chi connectivity index (χ3n) is 7.26. The maximum Gasteiger partial charge on any atom is 0.329 e. The number of imidazole rings is 1. The van der Waals surface area contributed by atoms with Crippen LogP contribution in [-0.4, -0.2) is 57.7 Å². The smallest absolute Gasteiger partial charge is 0.329 e. The van der Waals surface area contributed by atoms with Gasteiger partial charge in [0.15, 0.2) is 0 Å². The number of aromatic nitrogens is 2. The second-order valence-corrected chi connectivity index (χ2v) is 9.05. The fraction of sp³-hybridized carbons (Fsp3) is 0.609. The lowest BCUT2D eigenvalue weighted by molar-refractivity contribution is -0.135. The largest absolute Gasteiger partial charge is 0.379 e. The number of carbonyl (C=O) groups is 2. The minimum absolute atomic E-state index is 0.233. The molecule has 3 atom stereocenters. The molecule has 0 aliphatic carbocycles. The maximum atomic E-state index is 13.0. The van der Waals surface area contributed by atoms with Crippen LogP contribution in [0.25, 0.3) is 11.0 Å². The van der Waals surface area contributed by atoms with Crippen molar-refractivity contribution >= 4 is 22.8 Å². The summed E-state index contributed by atoms with van der Waals surface area (Å²) in [5.41, 5.74) is 2.37. The first-order valence-corrected chi connectivity index (χ1v) is 11.4. The highest BCUT2D eigenvalue weighted by Gasteiger charge is 2.36. The molecular formula is C23H30N4O4. The van der Waals surface area contributed by atoms with Crippen LogP contribution in [0, 0.1) is 0 Å². The molecule has 166 valence electrons. The van der Waals surface area contributed by atoms with Crippen LogP contribution < -0.4 is 11.0 Å². The number of rotatable bonds is 6. The van der Waals surface area contributed by atoms with Crippen molar-refractivity contribution in [2.24, 2.45) is 7.05 Å².